The number of aromatic nitrogens is 8. The largest absolute Gasteiger partial charge is 0.460 e. The molecular weight excluding hydrogens is 1170 g/mol. The van der Waals surface area contributed by atoms with Crippen LogP contribution in [-0.4, -0.2) is 121 Å². The van der Waals surface area contributed by atoms with E-state index in [4.69, 9.17) is 55.9 Å². The number of carbonyl (C=O) groups is 2. The highest BCUT2D eigenvalue weighted by molar-refractivity contribution is 7.93. The first-order valence-corrected chi connectivity index (χ1v) is 27.3. The van der Waals surface area contributed by atoms with Crippen LogP contribution < -0.4 is 14.8 Å². The van der Waals surface area contributed by atoms with E-state index < -0.39 is 75.2 Å². The zero-order valence-electron chi connectivity index (χ0n) is 42.9. The molecule has 78 heavy (non-hydrogen) atoms. The lowest BCUT2D eigenvalue weighted by Crippen LogP contribution is -2.26. The van der Waals surface area contributed by atoms with Crippen LogP contribution in [0.4, 0.5) is 37.7 Å². The molecule has 3 N–H and O–H groups in total. The Hall–Kier alpha value is -5.88. The van der Waals surface area contributed by atoms with E-state index in [0.29, 0.717) is 12.1 Å². The van der Waals surface area contributed by atoms with Crippen molar-refractivity contribution in [2.24, 2.45) is 0 Å². The first kappa shape index (κ1) is 64.6. The van der Waals surface area contributed by atoms with Crippen molar-refractivity contribution in [3.63, 3.8) is 0 Å². The molecule has 1 saturated heterocycles. The second-order valence-corrected chi connectivity index (χ2v) is 22.0. The maximum atomic E-state index is 13.3. The monoisotopic (exact) mass is 1220 g/mol. The summed E-state index contributed by atoms with van der Waals surface area (Å²) in [4.78, 5) is 33.0. The molecule has 0 aliphatic carbocycles. The third-order valence-corrected chi connectivity index (χ3v) is 13.8. The van der Waals surface area contributed by atoms with Crippen molar-refractivity contribution in [1.29, 1.82) is 0 Å². The average molecular weight is 1220 g/mol. The van der Waals surface area contributed by atoms with Crippen LogP contribution in [0.3, 0.4) is 0 Å². The van der Waals surface area contributed by atoms with E-state index in [2.05, 4.69) is 45.1 Å². The summed E-state index contributed by atoms with van der Waals surface area (Å²) < 4.78 is 149. The van der Waals surface area contributed by atoms with E-state index in [9.17, 15) is 52.8 Å². The van der Waals surface area contributed by atoms with Gasteiger partial charge in [0.25, 0.3) is 26.0 Å². The highest BCUT2D eigenvalue weighted by Crippen LogP contribution is 2.39. The highest BCUT2D eigenvalue weighted by Gasteiger charge is 2.37. The minimum Gasteiger partial charge on any atom is -0.460 e. The number of esters is 1. The number of nitrogens with one attached hydrogen (secondary N) is 3. The Morgan fingerprint density at radius 3 is 1.40 bits per heavy atom. The molecule has 0 radical (unpaired) electrons. The molecular formula is C46H52Cl4F6N12O8S2. The van der Waals surface area contributed by atoms with Gasteiger partial charge in [-0.3, -0.25) is 23.4 Å². The molecule has 0 atom stereocenters. The lowest BCUT2D eigenvalue weighted by Gasteiger charge is -2.17. The van der Waals surface area contributed by atoms with Gasteiger partial charge in [-0.1, -0.05) is 46.4 Å². The van der Waals surface area contributed by atoms with E-state index in [0.717, 1.165) is 37.5 Å². The molecule has 0 saturated carbocycles. The van der Waals surface area contributed by atoms with Gasteiger partial charge in [-0.15, -0.1) is 20.4 Å². The van der Waals surface area contributed by atoms with Crippen LogP contribution in [0.15, 0.2) is 70.7 Å². The van der Waals surface area contributed by atoms with Crippen LogP contribution in [0, 0.1) is 0 Å². The van der Waals surface area contributed by atoms with E-state index >= 15 is 0 Å². The number of anilines is 2. The molecule has 1 aliphatic rings. The zero-order chi connectivity index (χ0) is 58.7. The van der Waals surface area contributed by atoms with Crippen LogP contribution in [0.25, 0.3) is 23.0 Å². The summed E-state index contributed by atoms with van der Waals surface area (Å²) in [5.74, 6) is -1.31. The summed E-state index contributed by atoms with van der Waals surface area (Å²) in [6.07, 6.45) is -4.75. The Bertz CT molecular complexity index is 3300. The smallest absolute Gasteiger partial charge is 0.417 e. The minimum atomic E-state index is -4.87. The standard InChI is InChI=1S/C20H19Cl2F3N6O3S.C20H18Cl2F3N5O4S.C4H8O.C2H7N/c1-10(2)31-17(27-28-18(31)19(32)30(3)4)16-15(7-11(21)9-26-16)29-35(33,34)12-5-6-14(22)13(8-12)20(23,24)25;1-4-34-19(31)18-28-27-17(30(18)10(2)3)16-15(7-11(21)9-26-16)29-35(32,33)12-5-6-14(22)13(8-12)20(23,24)25;1-2-4-5-3-1;1-3-2/h5-10,29H,1-4H3;5-10,29H,4H2,1-3H3;1-4H2;3H,1-2H3. The number of sulfonamides is 2. The summed E-state index contributed by atoms with van der Waals surface area (Å²) in [6.45, 7) is 10.7. The Kier molecular flexibility index (Phi) is 22.6. The SMILES string of the molecule is C1CCOC1.CC(C)n1c(C(=O)N(C)C)nnc1-c1ncc(Cl)cc1NS(=O)(=O)c1ccc(Cl)c(C(F)(F)F)c1.CCOC(=O)c1nnc(-c2ncc(Cl)cc2NS(=O)(=O)c2ccc(Cl)c(C(F)(F)F)c2)n1C(C)C.CNC. The molecule has 6 aromatic rings. The first-order valence-electron chi connectivity index (χ1n) is 22.9. The lowest BCUT2D eigenvalue weighted by atomic mass is 10.2. The number of pyridine rings is 2. The van der Waals surface area contributed by atoms with Crippen molar-refractivity contribution in [2.75, 3.05) is 57.5 Å². The molecule has 1 aliphatic heterocycles. The molecule has 5 heterocycles. The molecule has 20 nitrogen and oxygen atoms in total. The van der Waals surface area contributed by atoms with Crippen molar-refractivity contribution in [1.82, 2.24) is 49.7 Å². The summed E-state index contributed by atoms with van der Waals surface area (Å²) in [7, 11) is -2.31. The Balaban J connectivity index is 0.000000294. The third kappa shape index (κ3) is 16.6. The molecule has 2 aromatic carbocycles. The van der Waals surface area contributed by atoms with Gasteiger partial charge in [0.15, 0.2) is 11.6 Å². The minimum absolute atomic E-state index is 0.00417. The molecule has 0 bridgehead atoms. The summed E-state index contributed by atoms with van der Waals surface area (Å²) in [5, 5.41) is 17.3. The van der Waals surface area contributed by atoms with Gasteiger partial charge in [-0.2, -0.15) is 26.3 Å². The van der Waals surface area contributed by atoms with Crippen LogP contribution in [0.5, 0.6) is 0 Å². The lowest BCUT2D eigenvalue weighted by molar-refractivity contribution is -0.138. The molecule has 426 valence electrons. The molecule has 32 heteroatoms. The zero-order valence-corrected chi connectivity index (χ0v) is 47.5. The van der Waals surface area contributed by atoms with Crippen molar-refractivity contribution in [2.45, 2.75) is 81.7 Å². The van der Waals surface area contributed by atoms with E-state index in [1.807, 2.05) is 14.1 Å². The number of hydrogen-bond acceptors (Lipinski definition) is 15. The summed E-state index contributed by atoms with van der Waals surface area (Å²) in [5.41, 5.74) is -3.12. The highest BCUT2D eigenvalue weighted by atomic mass is 35.5. The molecule has 7 rings (SSSR count). The number of halogens is 10. The van der Waals surface area contributed by atoms with E-state index in [1.165, 1.54) is 65.5 Å². The molecule has 0 spiro atoms. The second kappa shape index (κ2) is 27.3. The predicted octanol–water partition coefficient (Wildman–Crippen LogP) is 10.6. The average Bonchev–Trinajstić information content (AvgIpc) is 4.16. The van der Waals surface area contributed by atoms with E-state index in [-0.39, 0.29) is 74.8 Å². The molecule has 1 amide bonds. The fourth-order valence-corrected chi connectivity index (χ4v) is 9.58. The Morgan fingerprint density at radius 2 is 1.06 bits per heavy atom. The van der Waals surface area contributed by atoms with Crippen molar-refractivity contribution < 1.29 is 62.2 Å². The number of benzene rings is 2. The maximum absolute atomic E-state index is 13.3. The topological polar surface area (TPSA) is 247 Å². The van der Waals surface area contributed by atoms with Gasteiger partial charge in [0, 0.05) is 51.8 Å². The van der Waals surface area contributed by atoms with Crippen molar-refractivity contribution >= 4 is 89.7 Å². The number of rotatable bonds is 13. The third-order valence-electron chi connectivity index (χ3n) is 10.0. The van der Waals surface area contributed by atoms with Crippen LogP contribution >= 0.6 is 46.4 Å². The van der Waals surface area contributed by atoms with Gasteiger partial charge >= 0.3 is 18.3 Å². The molecule has 1 fully saturated rings. The Morgan fingerprint density at radius 1 is 0.679 bits per heavy atom. The fourth-order valence-electron chi connectivity index (χ4n) is 6.65. The van der Waals surface area contributed by atoms with Gasteiger partial charge in [0.1, 0.15) is 11.4 Å². The fraction of sp³-hybridized carbons (Fsp3) is 0.391. The Labute approximate surface area is 465 Å². The number of carbonyl (C=O) groups excluding carboxylic acids is 2. The van der Waals surface area contributed by atoms with Crippen LogP contribution in [-0.2, 0) is 41.9 Å². The van der Waals surface area contributed by atoms with Gasteiger partial charge in [0.2, 0.25) is 11.6 Å². The van der Waals surface area contributed by atoms with Gasteiger partial charge in [0.05, 0.1) is 59.0 Å². The number of alkyl halides is 6. The van der Waals surface area contributed by atoms with Gasteiger partial charge in [-0.25, -0.2) is 31.6 Å². The quantitative estimate of drug-likeness (QED) is 0.0719. The van der Waals surface area contributed by atoms with Crippen LogP contribution in [0.1, 0.15) is 91.9 Å². The van der Waals surface area contributed by atoms with E-state index in [1.54, 1.807) is 34.6 Å². The predicted molar refractivity (Wildman–Crippen MR) is 281 cm³/mol. The summed E-state index contributed by atoms with van der Waals surface area (Å²) >= 11 is 23.2. The number of hydrogen-bond donors (Lipinski definition) is 3. The number of nitrogens with zero attached hydrogens (tertiary/aromatic N) is 9. The van der Waals surface area contributed by atoms with Crippen LogP contribution in [0.2, 0.25) is 20.1 Å². The number of ether oxygens (including phenoxy) is 2. The van der Waals surface area contributed by atoms with Gasteiger partial charge < -0.3 is 19.7 Å². The first-order chi connectivity index (χ1) is 36.3. The second-order valence-electron chi connectivity index (χ2n) is 17.0. The maximum Gasteiger partial charge on any atom is 0.417 e. The van der Waals surface area contributed by atoms with Crippen molar-refractivity contribution in [3.8, 4) is 23.0 Å². The van der Waals surface area contributed by atoms with Gasteiger partial charge in [-0.05, 0) is 110 Å². The summed E-state index contributed by atoms with van der Waals surface area (Å²) in [6, 6.07) is 6.06. The number of amides is 1. The molecule has 0 unspecified atom stereocenters. The normalized spacial score (nSPS) is 12.7. The van der Waals surface area contributed by atoms with Crippen molar-refractivity contribution in [3.05, 3.63) is 104 Å². The molecule has 4 aromatic heterocycles.